The molecule has 0 radical (unpaired) electrons. The Kier molecular flexibility index (Phi) is 3.96. The second kappa shape index (κ2) is 5.70. The first kappa shape index (κ1) is 13.2. The summed E-state index contributed by atoms with van der Waals surface area (Å²) in [7, 11) is 0. The van der Waals surface area contributed by atoms with Crippen LogP contribution in [0.1, 0.15) is 44.9 Å². The van der Waals surface area contributed by atoms with Gasteiger partial charge in [0.2, 0.25) is 0 Å². The number of nitrogens with zero attached hydrogens (tertiary/aromatic N) is 2. The van der Waals surface area contributed by atoms with Crippen LogP contribution in [-0.4, -0.2) is 48.1 Å². The average Bonchev–Trinajstić information content (AvgIpc) is 2.67. The summed E-state index contributed by atoms with van der Waals surface area (Å²) < 4.78 is 0. The van der Waals surface area contributed by atoms with E-state index in [0.717, 1.165) is 32.6 Å². The summed E-state index contributed by atoms with van der Waals surface area (Å²) in [5.41, 5.74) is 6.23. The zero-order valence-corrected chi connectivity index (χ0v) is 11.9. The molecule has 2 N–H and O–H groups in total. The summed E-state index contributed by atoms with van der Waals surface area (Å²) in [6.07, 6.45) is 8.56. The minimum atomic E-state index is 0.281. The highest BCUT2D eigenvalue weighted by Crippen LogP contribution is 2.36. The summed E-state index contributed by atoms with van der Waals surface area (Å²) >= 11 is 0. The smallest absolute Gasteiger partial charge is 0.320 e. The summed E-state index contributed by atoms with van der Waals surface area (Å²) in [6, 6.07) is 0.601. The molecule has 3 atom stereocenters. The van der Waals surface area contributed by atoms with E-state index in [2.05, 4.69) is 9.80 Å². The van der Waals surface area contributed by atoms with Crippen LogP contribution < -0.4 is 5.73 Å². The molecule has 2 heterocycles. The van der Waals surface area contributed by atoms with Gasteiger partial charge in [0, 0.05) is 32.2 Å². The van der Waals surface area contributed by atoms with E-state index >= 15 is 0 Å². The quantitative estimate of drug-likeness (QED) is 0.728. The van der Waals surface area contributed by atoms with E-state index in [0.29, 0.717) is 17.9 Å². The van der Waals surface area contributed by atoms with Crippen molar-refractivity contribution in [1.29, 1.82) is 0 Å². The zero-order valence-electron chi connectivity index (χ0n) is 11.9. The molecule has 2 aliphatic heterocycles. The molecule has 0 aromatic rings. The van der Waals surface area contributed by atoms with Crippen LogP contribution in [0, 0.1) is 11.8 Å². The van der Waals surface area contributed by atoms with Crippen LogP contribution in [0.2, 0.25) is 0 Å². The fourth-order valence-corrected chi connectivity index (χ4v) is 4.13. The van der Waals surface area contributed by atoms with Gasteiger partial charge >= 0.3 is 6.03 Å². The number of carbonyl (C=O) groups is 1. The molecule has 3 fully saturated rings. The molecule has 4 nitrogen and oxygen atoms in total. The first-order chi connectivity index (χ1) is 9.25. The fraction of sp³-hybridized carbons (Fsp3) is 0.933. The van der Waals surface area contributed by atoms with E-state index in [9.17, 15) is 4.79 Å². The number of hydrogen-bond acceptors (Lipinski definition) is 2. The Bertz CT molecular complexity index is 325. The van der Waals surface area contributed by atoms with Crippen LogP contribution in [0.5, 0.6) is 0 Å². The number of hydrogen-bond donors (Lipinski definition) is 1. The van der Waals surface area contributed by atoms with Gasteiger partial charge in [0.15, 0.2) is 0 Å². The van der Waals surface area contributed by atoms with Crippen molar-refractivity contribution < 1.29 is 4.79 Å². The second-order valence-electron chi connectivity index (χ2n) is 6.61. The van der Waals surface area contributed by atoms with E-state index in [-0.39, 0.29) is 6.03 Å². The molecule has 19 heavy (non-hydrogen) atoms. The Balaban J connectivity index is 1.61. The van der Waals surface area contributed by atoms with Crippen molar-refractivity contribution in [2.24, 2.45) is 17.6 Å². The normalized spacial score (nSPS) is 35.9. The third-order valence-corrected chi connectivity index (χ3v) is 5.30. The number of nitrogens with two attached hydrogens (primary N) is 1. The predicted octanol–water partition coefficient (Wildman–Crippen LogP) is 2.04. The molecular weight excluding hydrogens is 238 g/mol. The second-order valence-corrected chi connectivity index (χ2v) is 6.61. The van der Waals surface area contributed by atoms with Gasteiger partial charge in [-0.1, -0.05) is 19.3 Å². The van der Waals surface area contributed by atoms with Gasteiger partial charge in [0.25, 0.3) is 0 Å². The molecule has 0 aromatic heterocycles. The number of fused-ring (bicyclic) bond motifs is 1. The minimum Gasteiger partial charge on any atom is -0.327 e. The molecule has 3 unspecified atom stereocenters. The third kappa shape index (κ3) is 2.73. The largest absolute Gasteiger partial charge is 0.327 e. The summed E-state index contributed by atoms with van der Waals surface area (Å²) in [6.45, 7) is 3.77. The van der Waals surface area contributed by atoms with E-state index in [4.69, 9.17) is 5.73 Å². The van der Waals surface area contributed by atoms with Gasteiger partial charge in [-0.3, -0.25) is 0 Å². The molecule has 108 valence electrons. The molecule has 0 aromatic carbocycles. The average molecular weight is 265 g/mol. The van der Waals surface area contributed by atoms with Crippen LogP contribution in [-0.2, 0) is 0 Å². The van der Waals surface area contributed by atoms with Gasteiger partial charge in [-0.2, -0.15) is 0 Å². The number of likely N-dealkylation sites (tertiary alicyclic amines) is 2. The molecule has 1 aliphatic carbocycles. The van der Waals surface area contributed by atoms with Crippen LogP contribution >= 0.6 is 0 Å². The van der Waals surface area contributed by atoms with Gasteiger partial charge in [-0.25, -0.2) is 4.79 Å². The van der Waals surface area contributed by atoms with E-state index in [1.54, 1.807) is 0 Å². The lowest BCUT2D eigenvalue weighted by Crippen LogP contribution is -2.43. The molecule has 1 saturated carbocycles. The van der Waals surface area contributed by atoms with Crippen LogP contribution in [0.15, 0.2) is 0 Å². The minimum absolute atomic E-state index is 0.281. The Morgan fingerprint density at radius 3 is 2.32 bits per heavy atom. The lowest BCUT2D eigenvalue weighted by atomic mass is 9.78. The molecule has 3 aliphatic rings. The lowest BCUT2D eigenvalue weighted by Gasteiger charge is -2.29. The standard InChI is InChI=1S/C15H27N3O/c16-14-7-5-6-12-10-18(11-13(12)14)15(19)17-8-3-1-2-4-9-17/h12-14H,1-11,16H2. The van der Waals surface area contributed by atoms with E-state index < -0.39 is 0 Å². The highest BCUT2D eigenvalue weighted by atomic mass is 16.2. The van der Waals surface area contributed by atoms with Gasteiger partial charge in [-0.15, -0.1) is 0 Å². The monoisotopic (exact) mass is 265 g/mol. The Morgan fingerprint density at radius 2 is 1.63 bits per heavy atom. The zero-order chi connectivity index (χ0) is 13.2. The van der Waals surface area contributed by atoms with Crippen molar-refractivity contribution in [3.8, 4) is 0 Å². The molecule has 2 saturated heterocycles. The number of urea groups is 1. The van der Waals surface area contributed by atoms with E-state index in [1.807, 2.05) is 0 Å². The Labute approximate surface area is 116 Å². The summed E-state index contributed by atoms with van der Waals surface area (Å²) in [4.78, 5) is 16.8. The maximum absolute atomic E-state index is 12.6. The number of amides is 2. The van der Waals surface area contributed by atoms with Gasteiger partial charge in [0.05, 0.1) is 0 Å². The lowest BCUT2D eigenvalue weighted by molar-refractivity contribution is 0.161. The Morgan fingerprint density at radius 1 is 0.895 bits per heavy atom. The summed E-state index contributed by atoms with van der Waals surface area (Å²) in [5, 5.41) is 0. The molecule has 4 heteroatoms. The van der Waals surface area contributed by atoms with Crippen molar-refractivity contribution in [3.63, 3.8) is 0 Å². The maximum Gasteiger partial charge on any atom is 0.320 e. The van der Waals surface area contributed by atoms with E-state index in [1.165, 1.54) is 38.5 Å². The number of rotatable bonds is 0. The van der Waals surface area contributed by atoms with Crippen molar-refractivity contribution in [2.75, 3.05) is 26.2 Å². The highest BCUT2D eigenvalue weighted by molar-refractivity contribution is 5.74. The van der Waals surface area contributed by atoms with Crippen molar-refractivity contribution in [2.45, 2.75) is 51.0 Å². The van der Waals surface area contributed by atoms with Crippen molar-refractivity contribution in [3.05, 3.63) is 0 Å². The van der Waals surface area contributed by atoms with Crippen molar-refractivity contribution >= 4 is 6.03 Å². The van der Waals surface area contributed by atoms with Crippen LogP contribution in [0.25, 0.3) is 0 Å². The molecular formula is C15H27N3O. The molecule has 3 rings (SSSR count). The predicted molar refractivity (Wildman–Crippen MR) is 75.8 cm³/mol. The SMILES string of the molecule is NC1CCCC2CN(C(=O)N3CCCCCC3)CC12. The third-order valence-electron chi connectivity index (χ3n) is 5.30. The molecule has 2 amide bonds. The maximum atomic E-state index is 12.6. The number of carbonyl (C=O) groups excluding carboxylic acids is 1. The molecule has 0 bridgehead atoms. The first-order valence-electron chi connectivity index (χ1n) is 8.05. The van der Waals surface area contributed by atoms with Crippen LogP contribution in [0.3, 0.4) is 0 Å². The highest BCUT2D eigenvalue weighted by Gasteiger charge is 2.41. The summed E-state index contributed by atoms with van der Waals surface area (Å²) in [5.74, 6) is 1.23. The van der Waals surface area contributed by atoms with Crippen LogP contribution in [0.4, 0.5) is 4.79 Å². The fourth-order valence-electron chi connectivity index (χ4n) is 4.13. The topological polar surface area (TPSA) is 49.6 Å². The van der Waals surface area contributed by atoms with Gasteiger partial charge in [-0.05, 0) is 37.5 Å². The van der Waals surface area contributed by atoms with Gasteiger partial charge in [0.1, 0.15) is 0 Å². The van der Waals surface area contributed by atoms with Crippen molar-refractivity contribution in [1.82, 2.24) is 9.80 Å². The van der Waals surface area contributed by atoms with Gasteiger partial charge < -0.3 is 15.5 Å². The Hall–Kier alpha value is -0.770. The first-order valence-corrected chi connectivity index (χ1v) is 8.05. The molecule has 0 spiro atoms.